The largest absolute Gasteiger partial charge is 0.347 e. The lowest BCUT2D eigenvalue weighted by Crippen LogP contribution is -2.40. The molecule has 91 valence electrons. The predicted octanol–water partition coefficient (Wildman–Crippen LogP) is 0.430. The van der Waals surface area contributed by atoms with E-state index in [0.29, 0.717) is 6.35 Å². The zero-order valence-corrected chi connectivity index (χ0v) is 10.5. The molecular formula is C11H16N5O. The Kier molecular flexibility index (Phi) is 3.26. The van der Waals surface area contributed by atoms with Crippen LogP contribution in [0.3, 0.4) is 0 Å². The Morgan fingerprint density at radius 3 is 2.41 bits per heavy atom. The van der Waals surface area contributed by atoms with Crippen molar-refractivity contribution in [1.29, 1.82) is 0 Å². The molecule has 0 aliphatic heterocycles. The SMILES string of the molecule is CN(C)[C](On1nnc2ccccc21)N(C)C. The molecule has 6 heteroatoms. The fourth-order valence-electron chi connectivity index (χ4n) is 1.56. The van der Waals surface area contributed by atoms with Crippen molar-refractivity contribution in [3.8, 4) is 0 Å². The van der Waals surface area contributed by atoms with Gasteiger partial charge in [0.15, 0.2) is 0 Å². The summed E-state index contributed by atoms with van der Waals surface area (Å²) in [6, 6.07) is 7.66. The molecule has 1 heterocycles. The molecular weight excluding hydrogens is 218 g/mol. The molecule has 2 rings (SSSR count). The van der Waals surface area contributed by atoms with Crippen LogP contribution < -0.4 is 4.84 Å². The fourth-order valence-corrected chi connectivity index (χ4v) is 1.56. The predicted molar refractivity (Wildman–Crippen MR) is 64.7 cm³/mol. The lowest BCUT2D eigenvalue weighted by atomic mass is 10.3. The van der Waals surface area contributed by atoms with Crippen LogP contribution in [0.4, 0.5) is 0 Å². The lowest BCUT2D eigenvalue weighted by Gasteiger charge is -2.26. The molecule has 0 N–H and O–H groups in total. The number of benzene rings is 1. The number of hydrogen-bond acceptors (Lipinski definition) is 5. The number of hydrogen-bond donors (Lipinski definition) is 0. The second-order valence-electron chi connectivity index (χ2n) is 4.11. The number of fused-ring (bicyclic) bond motifs is 1. The number of nitrogens with zero attached hydrogens (tertiary/aromatic N) is 5. The first-order valence-corrected chi connectivity index (χ1v) is 5.30. The highest BCUT2D eigenvalue weighted by Gasteiger charge is 2.20. The molecule has 0 aliphatic rings. The lowest BCUT2D eigenvalue weighted by molar-refractivity contribution is -0.0361. The Morgan fingerprint density at radius 1 is 1.12 bits per heavy atom. The van der Waals surface area contributed by atoms with Gasteiger partial charge in [-0.05, 0) is 45.5 Å². The summed E-state index contributed by atoms with van der Waals surface area (Å²) in [4.78, 5) is 10.9. The van der Waals surface area contributed by atoms with E-state index in [1.54, 1.807) is 0 Å². The summed E-state index contributed by atoms with van der Waals surface area (Å²) in [7, 11) is 7.64. The van der Waals surface area contributed by atoms with Crippen molar-refractivity contribution in [2.45, 2.75) is 0 Å². The van der Waals surface area contributed by atoms with Gasteiger partial charge < -0.3 is 4.84 Å². The Bertz CT molecular complexity index is 485. The summed E-state index contributed by atoms with van der Waals surface area (Å²) in [5, 5.41) is 8.00. The Hall–Kier alpha value is -1.66. The second kappa shape index (κ2) is 4.68. The van der Waals surface area contributed by atoms with Crippen molar-refractivity contribution in [2.24, 2.45) is 0 Å². The summed E-state index contributed by atoms with van der Waals surface area (Å²) in [6.45, 7) is 0. The van der Waals surface area contributed by atoms with Crippen LogP contribution in [0.5, 0.6) is 0 Å². The van der Waals surface area contributed by atoms with Crippen LogP contribution in [0.2, 0.25) is 0 Å². The van der Waals surface area contributed by atoms with E-state index < -0.39 is 0 Å². The highest BCUT2D eigenvalue weighted by Crippen LogP contribution is 2.11. The molecule has 0 amide bonds. The van der Waals surface area contributed by atoms with Gasteiger partial charge in [-0.1, -0.05) is 17.0 Å². The van der Waals surface area contributed by atoms with Crippen molar-refractivity contribution in [1.82, 2.24) is 25.0 Å². The quantitative estimate of drug-likeness (QED) is 0.767. The van der Waals surface area contributed by atoms with Gasteiger partial charge in [0, 0.05) is 0 Å². The first-order valence-electron chi connectivity index (χ1n) is 5.30. The zero-order chi connectivity index (χ0) is 12.4. The van der Waals surface area contributed by atoms with Gasteiger partial charge in [0.1, 0.15) is 11.0 Å². The standard InChI is InChI=1S/C11H16N5O/c1-14(2)11(15(3)4)17-16-10-8-6-5-7-9(10)12-13-16/h5-8H,1-4H3. The second-order valence-corrected chi connectivity index (χ2v) is 4.11. The third-order valence-electron chi connectivity index (χ3n) is 2.25. The number of para-hydroxylation sites is 1. The van der Waals surface area contributed by atoms with Crippen LogP contribution in [0.15, 0.2) is 24.3 Å². The highest BCUT2D eigenvalue weighted by molar-refractivity contribution is 5.73. The van der Waals surface area contributed by atoms with Crippen LogP contribution in [-0.2, 0) is 0 Å². The van der Waals surface area contributed by atoms with Gasteiger partial charge in [-0.25, -0.2) is 0 Å². The molecule has 0 saturated heterocycles. The molecule has 0 fully saturated rings. The maximum atomic E-state index is 5.70. The molecule has 0 spiro atoms. The average molecular weight is 234 g/mol. The van der Waals surface area contributed by atoms with E-state index in [-0.39, 0.29) is 0 Å². The van der Waals surface area contributed by atoms with E-state index in [9.17, 15) is 0 Å². The van der Waals surface area contributed by atoms with E-state index in [1.165, 1.54) is 4.85 Å². The molecule has 1 aromatic heterocycles. The molecule has 17 heavy (non-hydrogen) atoms. The molecule has 0 aliphatic carbocycles. The maximum Gasteiger partial charge on any atom is 0.319 e. The van der Waals surface area contributed by atoms with Gasteiger partial charge in [0.2, 0.25) is 0 Å². The monoisotopic (exact) mass is 234 g/mol. The normalized spacial score (nSPS) is 11.9. The van der Waals surface area contributed by atoms with Gasteiger partial charge in [0.25, 0.3) is 0 Å². The molecule has 6 nitrogen and oxygen atoms in total. The first-order chi connectivity index (χ1) is 8.09. The zero-order valence-electron chi connectivity index (χ0n) is 10.5. The summed E-state index contributed by atoms with van der Waals surface area (Å²) in [5.74, 6) is 0. The Morgan fingerprint density at radius 2 is 1.76 bits per heavy atom. The van der Waals surface area contributed by atoms with Crippen LogP contribution >= 0.6 is 0 Å². The number of rotatable bonds is 4. The minimum absolute atomic E-state index is 0.681. The Labute approximate surface area is 100 Å². The van der Waals surface area contributed by atoms with Gasteiger partial charge >= 0.3 is 6.35 Å². The minimum Gasteiger partial charge on any atom is -0.347 e. The summed E-state index contributed by atoms with van der Waals surface area (Å²) in [5.41, 5.74) is 1.65. The molecule has 1 aromatic carbocycles. The topological polar surface area (TPSA) is 46.4 Å². The van der Waals surface area contributed by atoms with Crippen molar-refractivity contribution < 1.29 is 4.84 Å². The minimum atomic E-state index is 0.681. The van der Waals surface area contributed by atoms with E-state index in [1.807, 2.05) is 62.3 Å². The third-order valence-corrected chi connectivity index (χ3v) is 2.25. The van der Waals surface area contributed by atoms with E-state index in [2.05, 4.69) is 10.3 Å². The van der Waals surface area contributed by atoms with E-state index in [4.69, 9.17) is 4.84 Å². The molecule has 0 bridgehead atoms. The molecule has 1 radical (unpaired) electrons. The third kappa shape index (κ3) is 2.37. The van der Waals surface area contributed by atoms with Crippen LogP contribution in [0.1, 0.15) is 0 Å². The van der Waals surface area contributed by atoms with Gasteiger partial charge in [-0.3, -0.25) is 9.80 Å². The summed E-state index contributed by atoms with van der Waals surface area (Å²) < 4.78 is 0. The Balaban J connectivity index is 2.28. The summed E-state index contributed by atoms with van der Waals surface area (Å²) in [6.07, 6.45) is 0.681. The van der Waals surface area contributed by atoms with Gasteiger partial charge in [-0.15, -0.1) is 5.10 Å². The van der Waals surface area contributed by atoms with Crippen LogP contribution in [-0.4, -0.2) is 53.1 Å². The van der Waals surface area contributed by atoms with Gasteiger partial charge in [-0.2, -0.15) is 0 Å². The van der Waals surface area contributed by atoms with Crippen molar-refractivity contribution in [3.05, 3.63) is 30.6 Å². The fraction of sp³-hybridized carbons (Fsp3) is 0.364. The molecule has 0 unspecified atom stereocenters. The molecule has 0 atom stereocenters. The maximum absolute atomic E-state index is 5.70. The number of aromatic nitrogens is 3. The van der Waals surface area contributed by atoms with Crippen molar-refractivity contribution in [2.75, 3.05) is 28.2 Å². The highest BCUT2D eigenvalue weighted by atomic mass is 16.7. The smallest absolute Gasteiger partial charge is 0.319 e. The average Bonchev–Trinajstić information content (AvgIpc) is 2.68. The van der Waals surface area contributed by atoms with E-state index >= 15 is 0 Å². The molecule has 0 saturated carbocycles. The van der Waals surface area contributed by atoms with Gasteiger partial charge in [0.05, 0.1) is 0 Å². The molecule has 2 aromatic rings. The first kappa shape index (κ1) is 11.8. The van der Waals surface area contributed by atoms with Crippen LogP contribution in [0, 0.1) is 6.35 Å². The van der Waals surface area contributed by atoms with E-state index in [0.717, 1.165) is 11.0 Å². The summed E-state index contributed by atoms with van der Waals surface area (Å²) >= 11 is 0. The van der Waals surface area contributed by atoms with Crippen molar-refractivity contribution >= 4 is 11.0 Å². The van der Waals surface area contributed by atoms with Crippen molar-refractivity contribution in [3.63, 3.8) is 0 Å². The van der Waals surface area contributed by atoms with Crippen LogP contribution in [0.25, 0.3) is 11.0 Å².